The molecule has 4 rings (SSSR count). The minimum absolute atomic E-state index is 0.104. The number of Topliss-reactive ketones (excluding diaryl/α,β-unsaturated/α-hetero) is 1. The average molecular weight is 366 g/mol. The van der Waals surface area contributed by atoms with E-state index in [1.165, 1.54) is 23.5 Å². The second kappa shape index (κ2) is 6.65. The normalized spacial score (nSPS) is 11.8. The third-order valence-electron chi connectivity index (χ3n) is 3.92. The van der Waals surface area contributed by atoms with Crippen molar-refractivity contribution >= 4 is 39.8 Å². The molecule has 0 aliphatic heterocycles. The van der Waals surface area contributed by atoms with Crippen molar-refractivity contribution in [1.82, 2.24) is 9.97 Å². The van der Waals surface area contributed by atoms with Gasteiger partial charge in [-0.05, 0) is 41.8 Å². The lowest BCUT2D eigenvalue weighted by Crippen LogP contribution is -2.03. The summed E-state index contributed by atoms with van der Waals surface area (Å²) in [5.74, 6) is -1.55. The van der Waals surface area contributed by atoms with Crippen LogP contribution in [0.3, 0.4) is 0 Å². The number of benzene rings is 2. The van der Waals surface area contributed by atoms with Crippen LogP contribution in [-0.4, -0.2) is 15.8 Å². The van der Waals surface area contributed by atoms with E-state index >= 15 is 0 Å². The maximum absolute atomic E-state index is 14.1. The Morgan fingerprint density at radius 2 is 1.77 bits per heavy atom. The maximum atomic E-state index is 14.1. The topological polar surface area (TPSA) is 45.8 Å². The predicted molar refractivity (Wildman–Crippen MR) is 99.0 cm³/mol. The Morgan fingerprint density at radius 3 is 2.46 bits per heavy atom. The van der Waals surface area contributed by atoms with E-state index in [1.807, 2.05) is 18.2 Å². The first-order valence-electron chi connectivity index (χ1n) is 7.82. The molecule has 0 atom stereocenters. The molecule has 0 aliphatic rings. The van der Waals surface area contributed by atoms with Crippen molar-refractivity contribution in [3.05, 3.63) is 87.9 Å². The number of fused-ring (bicyclic) bond motifs is 1. The number of H-pyrrole nitrogens is 1. The lowest BCUT2D eigenvalue weighted by molar-refractivity contribution is 0.106. The first kappa shape index (κ1) is 16.4. The molecule has 2 aromatic heterocycles. The number of imidazole rings is 1. The van der Waals surface area contributed by atoms with Gasteiger partial charge in [-0.25, -0.2) is 13.8 Å². The molecule has 0 amide bonds. The summed E-state index contributed by atoms with van der Waals surface area (Å²) in [7, 11) is 0. The van der Waals surface area contributed by atoms with Gasteiger partial charge >= 0.3 is 0 Å². The molecular formula is C20H12F2N2OS. The molecule has 0 bridgehead atoms. The average Bonchev–Trinajstić information content (AvgIpc) is 3.30. The Balaban J connectivity index is 1.92. The number of thiophene rings is 1. The second-order valence-corrected chi connectivity index (χ2v) is 6.55. The fourth-order valence-electron chi connectivity index (χ4n) is 2.66. The third kappa shape index (κ3) is 2.95. The highest BCUT2D eigenvalue weighted by molar-refractivity contribution is 7.12. The molecule has 3 nitrogen and oxygen atoms in total. The SMILES string of the molecule is O=C(C(=Cc1c(F)cccc1F)c1nc2ccccc2[nH]1)c1cccs1. The molecule has 1 N–H and O–H groups in total. The van der Waals surface area contributed by atoms with Gasteiger partial charge in [-0.15, -0.1) is 11.3 Å². The van der Waals surface area contributed by atoms with E-state index in [4.69, 9.17) is 0 Å². The number of hydrogen-bond acceptors (Lipinski definition) is 3. The number of carbonyl (C=O) groups is 1. The Labute approximate surface area is 151 Å². The van der Waals surface area contributed by atoms with Crippen LogP contribution in [0.4, 0.5) is 8.78 Å². The molecular weight excluding hydrogens is 354 g/mol. The zero-order valence-electron chi connectivity index (χ0n) is 13.4. The van der Waals surface area contributed by atoms with Gasteiger partial charge in [0.25, 0.3) is 0 Å². The zero-order chi connectivity index (χ0) is 18.1. The van der Waals surface area contributed by atoms with Gasteiger partial charge in [-0.1, -0.05) is 24.3 Å². The summed E-state index contributed by atoms with van der Waals surface area (Å²) in [6.45, 7) is 0. The van der Waals surface area contributed by atoms with Crippen LogP contribution in [0.2, 0.25) is 0 Å². The quantitative estimate of drug-likeness (QED) is 0.392. The smallest absolute Gasteiger partial charge is 0.206 e. The highest BCUT2D eigenvalue weighted by Gasteiger charge is 2.20. The molecule has 2 aromatic carbocycles. The summed E-state index contributed by atoms with van der Waals surface area (Å²) in [6, 6.07) is 14.3. The van der Waals surface area contributed by atoms with E-state index in [1.54, 1.807) is 23.6 Å². The maximum Gasteiger partial charge on any atom is 0.206 e. The summed E-state index contributed by atoms with van der Waals surface area (Å²) in [6.07, 6.45) is 1.21. The number of nitrogens with one attached hydrogen (secondary N) is 1. The standard InChI is InChI=1S/C20H12F2N2OS/c21-14-5-3-6-15(22)12(14)11-13(19(25)18-9-4-10-26-18)20-23-16-7-1-2-8-17(16)24-20/h1-11H,(H,23,24). The van der Waals surface area contributed by atoms with E-state index in [0.29, 0.717) is 10.4 Å². The molecule has 0 aliphatic carbocycles. The van der Waals surface area contributed by atoms with Gasteiger partial charge in [-0.2, -0.15) is 0 Å². The van der Waals surface area contributed by atoms with Gasteiger partial charge in [-0.3, -0.25) is 4.79 Å². The molecule has 0 unspecified atom stereocenters. The number of para-hydroxylation sites is 2. The highest BCUT2D eigenvalue weighted by Crippen LogP contribution is 2.27. The van der Waals surface area contributed by atoms with E-state index in [0.717, 1.165) is 17.6 Å². The van der Waals surface area contributed by atoms with Crippen LogP contribution < -0.4 is 0 Å². The van der Waals surface area contributed by atoms with Crippen molar-refractivity contribution in [3.8, 4) is 0 Å². The van der Waals surface area contributed by atoms with E-state index in [-0.39, 0.29) is 22.7 Å². The molecule has 0 spiro atoms. The number of hydrogen-bond donors (Lipinski definition) is 1. The van der Waals surface area contributed by atoms with Gasteiger partial charge < -0.3 is 4.98 Å². The van der Waals surface area contributed by atoms with Gasteiger partial charge in [0.1, 0.15) is 17.5 Å². The molecule has 2 heterocycles. The summed E-state index contributed by atoms with van der Waals surface area (Å²) < 4.78 is 28.2. The molecule has 4 aromatic rings. The van der Waals surface area contributed by atoms with Crippen LogP contribution in [-0.2, 0) is 0 Å². The number of rotatable bonds is 4. The summed E-state index contributed by atoms with van der Waals surface area (Å²) >= 11 is 1.26. The number of aromatic nitrogens is 2. The lowest BCUT2D eigenvalue weighted by atomic mass is 10.0. The van der Waals surface area contributed by atoms with Crippen molar-refractivity contribution in [2.45, 2.75) is 0 Å². The molecule has 0 saturated heterocycles. The Morgan fingerprint density at radius 1 is 1.00 bits per heavy atom. The molecule has 0 radical (unpaired) electrons. The minimum atomic E-state index is -0.738. The molecule has 6 heteroatoms. The lowest BCUT2D eigenvalue weighted by Gasteiger charge is -2.05. The van der Waals surface area contributed by atoms with Crippen LogP contribution in [0.1, 0.15) is 21.1 Å². The summed E-state index contributed by atoms with van der Waals surface area (Å²) in [5.41, 5.74) is 1.24. The van der Waals surface area contributed by atoms with Crippen LogP contribution >= 0.6 is 11.3 Å². The largest absolute Gasteiger partial charge is 0.338 e. The molecule has 128 valence electrons. The van der Waals surface area contributed by atoms with Crippen LogP contribution in [0.5, 0.6) is 0 Å². The van der Waals surface area contributed by atoms with E-state index in [2.05, 4.69) is 9.97 Å². The molecule has 0 saturated carbocycles. The Bertz CT molecular complexity index is 1080. The zero-order valence-corrected chi connectivity index (χ0v) is 14.2. The number of allylic oxidation sites excluding steroid dienone is 1. The minimum Gasteiger partial charge on any atom is -0.338 e. The monoisotopic (exact) mass is 366 g/mol. The molecule has 26 heavy (non-hydrogen) atoms. The second-order valence-electron chi connectivity index (χ2n) is 5.60. The van der Waals surface area contributed by atoms with Gasteiger partial charge in [0.15, 0.2) is 0 Å². The number of carbonyl (C=O) groups excluding carboxylic acids is 1. The van der Waals surface area contributed by atoms with Crippen molar-refractivity contribution in [2.75, 3.05) is 0 Å². The van der Waals surface area contributed by atoms with Gasteiger partial charge in [0.2, 0.25) is 5.78 Å². The van der Waals surface area contributed by atoms with Crippen LogP contribution in [0, 0.1) is 11.6 Å². The Hall–Kier alpha value is -3.12. The van der Waals surface area contributed by atoms with Crippen LogP contribution in [0.25, 0.3) is 22.7 Å². The van der Waals surface area contributed by atoms with Crippen molar-refractivity contribution in [3.63, 3.8) is 0 Å². The summed E-state index contributed by atoms with van der Waals surface area (Å²) in [4.78, 5) is 20.9. The van der Waals surface area contributed by atoms with Gasteiger partial charge in [0.05, 0.1) is 21.5 Å². The van der Waals surface area contributed by atoms with E-state index in [9.17, 15) is 13.6 Å². The first-order valence-corrected chi connectivity index (χ1v) is 8.70. The van der Waals surface area contributed by atoms with E-state index < -0.39 is 11.6 Å². The summed E-state index contributed by atoms with van der Waals surface area (Å²) in [5, 5.41) is 1.77. The van der Waals surface area contributed by atoms with Gasteiger partial charge in [0, 0.05) is 5.56 Å². The van der Waals surface area contributed by atoms with Crippen molar-refractivity contribution < 1.29 is 13.6 Å². The molecule has 0 fully saturated rings. The number of ketones is 1. The van der Waals surface area contributed by atoms with Crippen molar-refractivity contribution in [2.24, 2.45) is 0 Å². The number of nitrogens with zero attached hydrogens (tertiary/aromatic N) is 1. The van der Waals surface area contributed by atoms with Crippen molar-refractivity contribution in [1.29, 1.82) is 0 Å². The number of aromatic amines is 1. The first-order chi connectivity index (χ1) is 12.6. The Kier molecular flexibility index (Phi) is 4.18. The highest BCUT2D eigenvalue weighted by atomic mass is 32.1. The number of halogens is 2. The third-order valence-corrected chi connectivity index (χ3v) is 4.79. The predicted octanol–water partition coefficient (Wildman–Crippen LogP) is 5.33. The fourth-order valence-corrected chi connectivity index (χ4v) is 3.33. The fraction of sp³-hybridized carbons (Fsp3) is 0. The van der Waals surface area contributed by atoms with Crippen LogP contribution in [0.15, 0.2) is 60.0 Å².